The molecule has 6 heteroatoms. The summed E-state index contributed by atoms with van der Waals surface area (Å²) in [6, 6.07) is 15.0. The van der Waals surface area contributed by atoms with E-state index in [2.05, 4.69) is 63.9 Å². The number of benzene rings is 2. The summed E-state index contributed by atoms with van der Waals surface area (Å²) in [6.07, 6.45) is 10.2. The Labute approximate surface area is 224 Å². The van der Waals surface area contributed by atoms with Gasteiger partial charge in [0, 0.05) is 18.8 Å². The van der Waals surface area contributed by atoms with Crippen LogP contribution >= 0.6 is 0 Å². The number of aryl methyl sites for hydroxylation is 1. The Balaban J connectivity index is 1.56. The third kappa shape index (κ3) is 7.96. The molecule has 0 atom stereocenters. The van der Waals surface area contributed by atoms with Crippen molar-refractivity contribution in [3.63, 3.8) is 0 Å². The number of anilines is 2. The smallest absolute Gasteiger partial charge is 0.208 e. The minimum Gasteiger partial charge on any atom is -0.497 e. The van der Waals surface area contributed by atoms with Crippen molar-refractivity contribution >= 4 is 22.7 Å². The van der Waals surface area contributed by atoms with Crippen LogP contribution in [0.3, 0.4) is 0 Å². The standard InChI is InChI=1S/C31H47N5O/c1-4-6-18-35(19-7-5-2)25-26-12-17-29-30(24-26)36(23-11-22-34-20-9-8-10-21-34)31(33-29)32-27-13-15-28(37-3)16-14-27/h12-17,24H,4-11,18-23,25H2,1-3H3,(H,32,33). The Kier molecular flexibility index (Phi) is 10.7. The van der Waals surface area contributed by atoms with Gasteiger partial charge < -0.3 is 19.5 Å². The molecule has 3 aromatic rings. The van der Waals surface area contributed by atoms with Crippen LogP contribution in [-0.2, 0) is 13.1 Å². The lowest BCUT2D eigenvalue weighted by Gasteiger charge is -2.26. The quantitative estimate of drug-likeness (QED) is 0.239. The van der Waals surface area contributed by atoms with E-state index in [9.17, 15) is 0 Å². The van der Waals surface area contributed by atoms with Gasteiger partial charge in [0.05, 0.1) is 18.1 Å². The lowest BCUT2D eigenvalue weighted by Crippen LogP contribution is -2.31. The molecule has 37 heavy (non-hydrogen) atoms. The number of ether oxygens (including phenoxy) is 1. The van der Waals surface area contributed by atoms with E-state index in [-0.39, 0.29) is 0 Å². The maximum absolute atomic E-state index is 5.34. The molecule has 0 saturated carbocycles. The second-order valence-electron chi connectivity index (χ2n) is 10.5. The molecule has 2 aromatic carbocycles. The first-order valence-corrected chi connectivity index (χ1v) is 14.5. The monoisotopic (exact) mass is 505 g/mol. The fourth-order valence-electron chi connectivity index (χ4n) is 5.32. The topological polar surface area (TPSA) is 45.6 Å². The third-order valence-corrected chi connectivity index (χ3v) is 7.53. The zero-order chi connectivity index (χ0) is 25.9. The zero-order valence-electron chi connectivity index (χ0n) is 23.3. The number of methoxy groups -OCH3 is 1. The number of likely N-dealkylation sites (tertiary alicyclic amines) is 1. The largest absolute Gasteiger partial charge is 0.497 e. The molecule has 6 nitrogen and oxygen atoms in total. The highest BCUT2D eigenvalue weighted by molar-refractivity contribution is 5.80. The van der Waals surface area contributed by atoms with Gasteiger partial charge in [0.1, 0.15) is 5.75 Å². The van der Waals surface area contributed by atoms with Crippen LogP contribution in [0.15, 0.2) is 42.5 Å². The van der Waals surface area contributed by atoms with E-state index < -0.39 is 0 Å². The van der Waals surface area contributed by atoms with Gasteiger partial charge in [0.15, 0.2) is 0 Å². The second-order valence-corrected chi connectivity index (χ2v) is 10.5. The van der Waals surface area contributed by atoms with Crippen molar-refractivity contribution in [3.8, 4) is 5.75 Å². The number of hydrogen-bond acceptors (Lipinski definition) is 5. The van der Waals surface area contributed by atoms with Crippen molar-refractivity contribution < 1.29 is 4.74 Å². The number of fused-ring (bicyclic) bond motifs is 1. The van der Waals surface area contributed by atoms with Crippen LogP contribution in [0.5, 0.6) is 5.75 Å². The molecule has 1 saturated heterocycles. The van der Waals surface area contributed by atoms with Gasteiger partial charge in [-0.05, 0) is 107 Å². The van der Waals surface area contributed by atoms with Gasteiger partial charge in [-0.1, -0.05) is 39.2 Å². The van der Waals surface area contributed by atoms with Crippen LogP contribution in [0.4, 0.5) is 11.6 Å². The highest BCUT2D eigenvalue weighted by atomic mass is 16.5. The molecule has 1 N–H and O–H groups in total. The van der Waals surface area contributed by atoms with Crippen LogP contribution in [-0.4, -0.2) is 59.2 Å². The Morgan fingerprint density at radius 3 is 2.30 bits per heavy atom. The number of nitrogens with zero attached hydrogens (tertiary/aromatic N) is 4. The van der Waals surface area contributed by atoms with Crippen molar-refractivity contribution in [1.29, 1.82) is 0 Å². The van der Waals surface area contributed by atoms with Gasteiger partial charge in [-0.25, -0.2) is 4.98 Å². The first-order valence-electron chi connectivity index (χ1n) is 14.5. The van der Waals surface area contributed by atoms with Crippen LogP contribution in [0.25, 0.3) is 11.0 Å². The van der Waals surface area contributed by atoms with Gasteiger partial charge in [0.25, 0.3) is 0 Å². The fraction of sp³-hybridized carbons (Fsp3) is 0.581. The summed E-state index contributed by atoms with van der Waals surface area (Å²) >= 11 is 0. The predicted octanol–water partition coefficient (Wildman–Crippen LogP) is 7.07. The number of unbranched alkanes of at least 4 members (excludes halogenated alkanes) is 2. The molecule has 1 fully saturated rings. The maximum Gasteiger partial charge on any atom is 0.208 e. The Hall–Kier alpha value is -2.57. The van der Waals surface area contributed by atoms with Crippen LogP contribution in [0.1, 0.15) is 70.8 Å². The SMILES string of the molecule is CCCCN(CCCC)Cc1ccc2nc(Nc3ccc(OC)cc3)n(CCCN3CCCCC3)c2c1. The van der Waals surface area contributed by atoms with E-state index in [0.717, 1.165) is 49.0 Å². The molecule has 0 spiro atoms. The summed E-state index contributed by atoms with van der Waals surface area (Å²) in [5, 5.41) is 3.59. The van der Waals surface area contributed by atoms with Gasteiger partial charge in [-0.15, -0.1) is 0 Å². The number of nitrogens with one attached hydrogen (secondary N) is 1. The molecule has 1 aliphatic rings. The zero-order valence-corrected chi connectivity index (χ0v) is 23.3. The average molecular weight is 506 g/mol. The van der Waals surface area contributed by atoms with Crippen LogP contribution in [0.2, 0.25) is 0 Å². The number of hydrogen-bond donors (Lipinski definition) is 1. The minimum atomic E-state index is 0.862. The summed E-state index contributed by atoms with van der Waals surface area (Å²) in [5.41, 5.74) is 4.70. The molecule has 0 radical (unpaired) electrons. The van der Waals surface area contributed by atoms with Crippen LogP contribution < -0.4 is 10.1 Å². The first-order chi connectivity index (χ1) is 18.2. The van der Waals surface area contributed by atoms with Gasteiger partial charge in [-0.3, -0.25) is 4.90 Å². The van der Waals surface area contributed by atoms with Gasteiger partial charge in [-0.2, -0.15) is 0 Å². The van der Waals surface area contributed by atoms with E-state index in [0.29, 0.717) is 0 Å². The van der Waals surface area contributed by atoms with Crippen molar-refractivity contribution in [2.75, 3.05) is 45.2 Å². The summed E-state index contributed by atoms with van der Waals surface area (Å²) in [7, 11) is 1.70. The van der Waals surface area contributed by atoms with Crippen LogP contribution in [0, 0.1) is 0 Å². The second kappa shape index (κ2) is 14.4. The molecule has 1 aliphatic heterocycles. The third-order valence-electron chi connectivity index (χ3n) is 7.53. The van der Waals surface area contributed by atoms with Gasteiger partial charge >= 0.3 is 0 Å². The maximum atomic E-state index is 5.34. The van der Waals surface area contributed by atoms with Crippen molar-refractivity contribution in [3.05, 3.63) is 48.0 Å². The highest BCUT2D eigenvalue weighted by Crippen LogP contribution is 2.26. The Bertz CT molecular complexity index is 1060. The fourth-order valence-corrected chi connectivity index (χ4v) is 5.32. The molecule has 2 heterocycles. The minimum absolute atomic E-state index is 0.862. The number of aromatic nitrogens is 2. The Morgan fingerprint density at radius 2 is 1.62 bits per heavy atom. The van der Waals surface area contributed by atoms with Crippen molar-refractivity contribution in [1.82, 2.24) is 19.4 Å². The number of piperidine rings is 1. The molecule has 202 valence electrons. The van der Waals surface area contributed by atoms with E-state index >= 15 is 0 Å². The van der Waals surface area contributed by atoms with E-state index in [4.69, 9.17) is 9.72 Å². The molecule has 0 aliphatic carbocycles. The molecule has 0 bridgehead atoms. The molecule has 0 amide bonds. The van der Waals surface area contributed by atoms with E-state index in [1.807, 2.05) is 12.1 Å². The summed E-state index contributed by atoms with van der Waals surface area (Å²) in [6.45, 7) is 12.5. The lowest BCUT2D eigenvalue weighted by molar-refractivity contribution is 0.223. The molecule has 4 rings (SSSR count). The molecular formula is C31H47N5O. The molecule has 0 unspecified atom stereocenters. The lowest BCUT2D eigenvalue weighted by atomic mass is 10.1. The predicted molar refractivity (Wildman–Crippen MR) is 156 cm³/mol. The molecule has 1 aromatic heterocycles. The van der Waals surface area contributed by atoms with E-state index in [1.165, 1.54) is 82.2 Å². The van der Waals surface area contributed by atoms with Gasteiger partial charge in [0.2, 0.25) is 5.95 Å². The van der Waals surface area contributed by atoms with E-state index in [1.54, 1.807) is 7.11 Å². The molecular weight excluding hydrogens is 458 g/mol. The normalized spacial score (nSPS) is 14.5. The first kappa shape index (κ1) is 27.5. The average Bonchev–Trinajstić information content (AvgIpc) is 3.27. The van der Waals surface area contributed by atoms with Crippen molar-refractivity contribution in [2.24, 2.45) is 0 Å². The summed E-state index contributed by atoms with van der Waals surface area (Å²) < 4.78 is 7.74. The number of imidazole rings is 1. The van der Waals surface area contributed by atoms with Crippen molar-refractivity contribution in [2.45, 2.75) is 78.3 Å². The number of rotatable bonds is 15. The summed E-state index contributed by atoms with van der Waals surface area (Å²) in [4.78, 5) is 10.3. The highest BCUT2D eigenvalue weighted by Gasteiger charge is 2.15. The summed E-state index contributed by atoms with van der Waals surface area (Å²) in [5.74, 6) is 1.78. The Morgan fingerprint density at radius 1 is 0.892 bits per heavy atom.